The van der Waals surface area contributed by atoms with E-state index in [9.17, 15) is 14.9 Å². The standard InChI is InChI=1S/C18H20ClN3O5/c1-21(10-12-4-6-17(27-3)15(8-12)22(24)25)11-18(23)20-14-9-13(19)5-7-16(14)26-2/h4-9H,10-11H2,1-3H3,(H,20,23). The van der Waals surface area contributed by atoms with Crippen molar-refractivity contribution in [3.8, 4) is 11.5 Å². The lowest BCUT2D eigenvalue weighted by molar-refractivity contribution is -0.385. The molecule has 0 unspecified atom stereocenters. The average Bonchev–Trinajstić information content (AvgIpc) is 2.61. The van der Waals surface area contributed by atoms with Crippen LogP contribution in [0.4, 0.5) is 11.4 Å². The monoisotopic (exact) mass is 393 g/mol. The number of nitrogens with one attached hydrogen (secondary N) is 1. The Hall–Kier alpha value is -2.84. The second kappa shape index (κ2) is 9.20. The number of carbonyl (C=O) groups excluding carboxylic acids is 1. The van der Waals surface area contributed by atoms with E-state index in [0.29, 0.717) is 28.6 Å². The molecule has 0 saturated heterocycles. The highest BCUT2D eigenvalue weighted by molar-refractivity contribution is 6.31. The van der Waals surface area contributed by atoms with Gasteiger partial charge in [0.15, 0.2) is 5.75 Å². The van der Waals surface area contributed by atoms with Gasteiger partial charge in [0, 0.05) is 17.6 Å². The van der Waals surface area contributed by atoms with Crippen molar-refractivity contribution >= 4 is 28.9 Å². The Morgan fingerprint density at radius 3 is 2.48 bits per heavy atom. The molecule has 0 aliphatic rings. The summed E-state index contributed by atoms with van der Waals surface area (Å²) in [5, 5.41) is 14.3. The van der Waals surface area contributed by atoms with Crippen LogP contribution in [-0.4, -0.2) is 43.5 Å². The van der Waals surface area contributed by atoms with Crippen molar-refractivity contribution in [3.05, 3.63) is 57.1 Å². The average molecular weight is 394 g/mol. The molecule has 0 heterocycles. The van der Waals surface area contributed by atoms with Gasteiger partial charge in [0.1, 0.15) is 5.75 Å². The largest absolute Gasteiger partial charge is 0.495 e. The minimum atomic E-state index is -0.500. The van der Waals surface area contributed by atoms with Crippen LogP contribution >= 0.6 is 11.6 Å². The van der Waals surface area contributed by atoms with Crippen molar-refractivity contribution in [1.29, 1.82) is 0 Å². The number of likely N-dealkylation sites (N-methyl/N-ethyl adjacent to an activating group) is 1. The Bertz CT molecular complexity index is 844. The molecule has 1 amide bonds. The zero-order chi connectivity index (χ0) is 20.0. The quantitative estimate of drug-likeness (QED) is 0.546. The second-order valence-electron chi connectivity index (χ2n) is 5.83. The van der Waals surface area contributed by atoms with Gasteiger partial charge in [-0.2, -0.15) is 0 Å². The first-order chi connectivity index (χ1) is 12.8. The summed E-state index contributed by atoms with van der Waals surface area (Å²) in [6, 6.07) is 9.63. The zero-order valence-corrected chi connectivity index (χ0v) is 15.9. The first kappa shape index (κ1) is 20.5. The number of halogens is 1. The van der Waals surface area contributed by atoms with Gasteiger partial charge >= 0.3 is 5.69 Å². The van der Waals surface area contributed by atoms with E-state index in [1.54, 1.807) is 36.2 Å². The van der Waals surface area contributed by atoms with Crippen molar-refractivity contribution in [1.82, 2.24) is 4.90 Å². The summed E-state index contributed by atoms with van der Waals surface area (Å²) in [6.45, 7) is 0.431. The molecule has 0 saturated carbocycles. The van der Waals surface area contributed by atoms with Crippen LogP contribution in [0, 0.1) is 10.1 Å². The molecular weight excluding hydrogens is 374 g/mol. The number of benzene rings is 2. The normalized spacial score (nSPS) is 10.6. The molecule has 2 aromatic carbocycles. The topological polar surface area (TPSA) is 93.9 Å². The van der Waals surface area contributed by atoms with Crippen LogP contribution in [0.2, 0.25) is 5.02 Å². The summed E-state index contributed by atoms with van der Waals surface area (Å²) in [5.74, 6) is 0.430. The third-order valence-electron chi connectivity index (χ3n) is 3.74. The molecule has 144 valence electrons. The van der Waals surface area contributed by atoms with Gasteiger partial charge < -0.3 is 14.8 Å². The van der Waals surface area contributed by atoms with Crippen molar-refractivity contribution < 1.29 is 19.2 Å². The number of nitrogens with zero attached hydrogens (tertiary/aromatic N) is 2. The number of rotatable bonds is 8. The van der Waals surface area contributed by atoms with Crippen molar-refractivity contribution in [2.45, 2.75) is 6.54 Å². The van der Waals surface area contributed by atoms with E-state index in [4.69, 9.17) is 21.1 Å². The minimum absolute atomic E-state index is 0.0789. The number of amides is 1. The van der Waals surface area contributed by atoms with Crippen LogP contribution in [0.3, 0.4) is 0 Å². The Morgan fingerprint density at radius 1 is 1.19 bits per heavy atom. The SMILES string of the molecule is COc1ccc(Cl)cc1NC(=O)CN(C)Cc1ccc(OC)c([N+](=O)[O-])c1. The minimum Gasteiger partial charge on any atom is -0.495 e. The molecule has 0 fully saturated rings. The van der Waals surface area contributed by atoms with E-state index < -0.39 is 4.92 Å². The smallest absolute Gasteiger partial charge is 0.311 e. The van der Waals surface area contributed by atoms with E-state index in [1.165, 1.54) is 26.4 Å². The van der Waals surface area contributed by atoms with Crippen LogP contribution in [0.25, 0.3) is 0 Å². The number of ether oxygens (including phenoxy) is 2. The molecule has 2 rings (SSSR count). The predicted molar refractivity (Wildman–Crippen MR) is 103 cm³/mol. The Balaban J connectivity index is 2.02. The maximum atomic E-state index is 12.3. The molecule has 0 aliphatic heterocycles. The van der Waals surface area contributed by atoms with Crippen LogP contribution in [0.5, 0.6) is 11.5 Å². The molecule has 9 heteroatoms. The molecule has 8 nitrogen and oxygen atoms in total. The molecule has 0 radical (unpaired) electrons. The van der Waals surface area contributed by atoms with Gasteiger partial charge in [-0.05, 0) is 36.9 Å². The summed E-state index contributed by atoms with van der Waals surface area (Å²) >= 11 is 5.95. The molecule has 0 aromatic heterocycles. The fourth-order valence-electron chi connectivity index (χ4n) is 2.56. The number of anilines is 1. The summed E-state index contributed by atoms with van der Waals surface area (Å²) in [6.07, 6.45) is 0. The third kappa shape index (κ3) is 5.57. The summed E-state index contributed by atoms with van der Waals surface area (Å²) in [4.78, 5) is 24.6. The van der Waals surface area contributed by atoms with Gasteiger partial charge in [-0.15, -0.1) is 0 Å². The van der Waals surface area contributed by atoms with Crippen LogP contribution in [0.1, 0.15) is 5.56 Å². The van der Waals surface area contributed by atoms with Crippen LogP contribution in [0.15, 0.2) is 36.4 Å². The molecule has 0 aliphatic carbocycles. The summed E-state index contributed by atoms with van der Waals surface area (Å²) in [7, 11) is 4.62. The van der Waals surface area contributed by atoms with E-state index >= 15 is 0 Å². The molecule has 0 spiro atoms. The Labute approximate surface area is 161 Å². The third-order valence-corrected chi connectivity index (χ3v) is 3.98. The lowest BCUT2D eigenvalue weighted by Gasteiger charge is -2.17. The van der Waals surface area contributed by atoms with Gasteiger partial charge in [0.2, 0.25) is 5.91 Å². The number of nitro groups is 1. The Morgan fingerprint density at radius 2 is 1.85 bits per heavy atom. The molecule has 2 aromatic rings. The highest BCUT2D eigenvalue weighted by atomic mass is 35.5. The number of carbonyl (C=O) groups is 1. The van der Waals surface area contributed by atoms with Crippen LogP contribution < -0.4 is 14.8 Å². The highest BCUT2D eigenvalue weighted by Gasteiger charge is 2.17. The van der Waals surface area contributed by atoms with Gasteiger partial charge in [-0.3, -0.25) is 19.8 Å². The maximum absolute atomic E-state index is 12.3. The number of hydrogen-bond acceptors (Lipinski definition) is 6. The van der Waals surface area contributed by atoms with Gasteiger partial charge in [-0.25, -0.2) is 0 Å². The predicted octanol–water partition coefficient (Wildman–Crippen LogP) is 3.34. The van der Waals surface area contributed by atoms with Gasteiger partial charge in [0.25, 0.3) is 0 Å². The molecule has 0 bridgehead atoms. The van der Waals surface area contributed by atoms with E-state index in [1.807, 2.05) is 0 Å². The molecule has 27 heavy (non-hydrogen) atoms. The molecular formula is C18H20ClN3O5. The number of hydrogen-bond donors (Lipinski definition) is 1. The first-order valence-electron chi connectivity index (χ1n) is 7.97. The van der Waals surface area contributed by atoms with Crippen molar-refractivity contribution in [3.63, 3.8) is 0 Å². The first-order valence-corrected chi connectivity index (χ1v) is 8.35. The number of methoxy groups -OCH3 is 2. The summed E-state index contributed by atoms with van der Waals surface area (Å²) in [5.41, 5.74) is 1.05. The lowest BCUT2D eigenvalue weighted by atomic mass is 10.1. The summed E-state index contributed by atoms with van der Waals surface area (Å²) < 4.78 is 10.2. The van der Waals surface area contributed by atoms with Gasteiger partial charge in [0.05, 0.1) is 31.4 Å². The van der Waals surface area contributed by atoms with Gasteiger partial charge in [-0.1, -0.05) is 17.7 Å². The fraction of sp³-hybridized carbons (Fsp3) is 0.278. The van der Waals surface area contributed by atoms with Crippen molar-refractivity contribution in [2.75, 3.05) is 33.1 Å². The van der Waals surface area contributed by atoms with Crippen LogP contribution in [-0.2, 0) is 11.3 Å². The highest BCUT2D eigenvalue weighted by Crippen LogP contribution is 2.29. The zero-order valence-electron chi connectivity index (χ0n) is 15.2. The maximum Gasteiger partial charge on any atom is 0.311 e. The molecule has 1 N–H and O–H groups in total. The number of nitro benzene ring substituents is 1. The van der Waals surface area contributed by atoms with E-state index in [2.05, 4.69) is 5.32 Å². The van der Waals surface area contributed by atoms with E-state index in [-0.39, 0.29) is 23.9 Å². The lowest BCUT2D eigenvalue weighted by Crippen LogP contribution is -2.30. The second-order valence-corrected chi connectivity index (χ2v) is 6.26. The Kier molecular flexibility index (Phi) is 6.98. The fourth-order valence-corrected chi connectivity index (χ4v) is 2.73. The molecule has 0 atom stereocenters. The van der Waals surface area contributed by atoms with Crippen molar-refractivity contribution in [2.24, 2.45) is 0 Å². The van der Waals surface area contributed by atoms with E-state index in [0.717, 1.165) is 0 Å².